The molecule has 1 fully saturated rings. The van der Waals surface area contributed by atoms with E-state index in [0.29, 0.717) is 13.2 Å². The van der Waals surface area contributed by atoms with Gasteiger partial charge in [-0.05, 0) is 24.0 Å². The molecule has 1 aliphatic carbocycles. The topological polar surface area (TPSA) is 43.2 Å². The van der Waals surface area contributed by atoms with E-state index >= 15 is 0 Å². The molecule has 2 heterocycles. The Hall–Kier alpha value is -2.62. The van der Waals surface area contributed by atoms with Gasteiger partial charge in [0.25, 0.3) is 0 Å². The summed E-state index contributed by atoms with van der Waals surface area (Å²) < 4.78 is 12.3. The van der Waals surface area contributed by atoms with E-state index in [9.17, 15) is 0 Å². The van der Waals surface area contributed by atoms with Crippen molar-refractivity contribution in [2.75, 3.05) is 13.2 Å². The van der Waals surface area contributed by atoms with Crippen LogP contribution in [0.25, 0.3) is 0 Å². The summed E-state index contributed by atoms with van der Waals surface area (Å²) in [4.78, 5) is 9.98. The zero-order valence-corrected chi connectivity index (χ0v) is 15.4. The van der Waals surface area contributed by atoms with Crippen molar-refractivity contribution in [1.29, 1.82) is 0 Å². The van der Waals surface area contributed by atoms with Crippen LogP contribution in [-0.4, -0.2) is 25.0 Å². The maximum absolute atomic E-state index is 6.15. The lowest BCUT2D eigenvalue weighted by molar-refractivity contribution is 0.253. The molecule has 3 aliphatic rings. The van der Waals surface area contributed by atoms with Crippen LogP contribution in [0.4, 0.5) is 0 Å². The third kappa shape index (κ3) is 2.93. The van der Waals surface area contributed by atoms with Crippen LogP contribution in [0, 0.1) is 5.41 Å². The van der Waals surface area contributed by atoms with Gasteiger partial charge in [0.15, 0.2) is 11.8 Å². The van der Waals surface area contributed by atoms with Crippen LogP contribution in [0.3, 0.4) is 0 Å². The highest BCUT2D eigenvalue weighted by Gasteiger charge is 2.50. The van der Waals surface area contributed by atoms with Gasteiger partial charge < -0.3 is 9.47 Å². The first-order valence-electron chi connectivity index (χ1n) is 9.87. The maximum Gasteiger partial charge on any atom is 0.200 e. The lowest BCUT2D eigenvalue weighted by Gasteiger charge is -2.26. The summed E-state index contributed by atoms with van der Waals surface area (Å²) >= 11 is 0. The summed E-state index contributed by atoms with van der Waals surface area (Å²) in [7, 11) is 0. The van der Waals surface area contributed by atoms with E-state index in [1.807, 2.05) is 12.1 Å². The van der Waals surface area contributed by atoms with Gasteiger partial charge in [0.05, 0.1) is 0 Å². The molecule has 0 bridgehead atoms. The standard InChI is InChI=1S/C23H24N2O2/c1-3-9-17(10-4-1)19-15-26-21(24-19)23(13-7-8-14-23)22-25-20(16-27-22)18-11-5-2-6-12-18/h1-6,9-12,19-20H,7-8,13-16H2/t19-,20-/m0/s1. The van der Waals surface area contributed by atoms with Crippen molar-refractivity contribution in [2.45, 2.75) is 37.8 Å². The Morgan fingerprint density at radius 3 is 1.56 bits per heavy atom. The van der Waals surface area contributed by atoms with Gasteiger partial charge in [-0.2, -0.15) is 0 Å². The van der Waals surface area contributed by atoms with Crippen molar-refractivity contribution in [3.05, 3.63) is 71.8 Å². The van der Waals surface area contributed by atoms with Crippen molar-refractivity contribution >= 4 is 11.8 Å². The Kier molecular flexibility index (Phi) is 4.19. The SMILES string of the molecule is c1ccc([C@@H]2COC(C3(C4=N[C@H](c5ccccc5)CO4)CCCC3)=N2)cc1. The van der Waals surface area contributed by atoms with E-state index in [1.165, 1.54) is 11.1 Å². The Morgan fingerprint density at radius 1 is 0.667 bits per heavy atom. The predicted molar refractivity (Wildman–Crippen MR) is 106 cm³/mol. The minimum absolute atomic E-state index is 0.0746. The Morgan fingerprint density at radius 2 is 1.11 bits per heavy atom. The first kappa shape index (κ1) is 16.5. The zero-order valence-electron chi connectivity index (χ0n) is 15.4. The lowest BCUT2D eigenvalue weighted by atomic mass is 9.85. The number of hydrogen-bond acceptors (Lipinski definition) is 4. The smallest absolute Gasteiger partial charge is 0.200 e. The van der Waals surface area contributed by atoms with E-state index in [1.54, 1.807) is 0 Å². The highest BCUT2D eigenvalue weighted by atomic mass is 16.5. The second-order valence-electron chi connectivity index (χ2n) is 7.63. The number of ether oxygens (including phenoxy) is 2. The van der Waals surface area contributed by atoms with Crippen LogP contribution in [-0.2, 0) is 9.47 Å². The monoisotopic (exact) mass is 360 g/mol. The summed E-state index contributed by atoms with van der Waals surface area (Å²) in [5.41, 5.74) is 2.14. The van der Waals surface area contributed by atoms with E-state index in [2.05, 4.69) is 48.5 Å². The lowest BCUT2D eigenvalue weighted by Crippen LogP contribution is -2.37. The third-order valence-electron chi connectivity index (χ3n) is 5.95. The summed E-state index contributed by atoms with van der Waals surface area (Å²) in [6, 6.07) is 20.9. The first-order chi connectivity index (χ1) is 13.4. The second-order valence-corrected chi connectivity index (χ2v) is 7.63. The molecule has 5 rings (SSSR count). The van der Waals surface area contributed by atoms with Gasteiger partial charge in [-0.25, -0.2) is 9.98 Å². The molecule has 0 N–H and O–H groups in total. The Bertz CT molecular complexity index is 787. The molecule has 0 unspecified atom stereocenters. The van der Waals surface area contributed by atoms with Crippen molar-refractivity contribution < 1.29 is 9.47 Å². The van der Waals surface area contributed by atoms with Crippen LogP contribution in [0.5, 0.6) is 0 Å². The molecular formula is C23H24N2O2. The molecule has 2 aromatic carbocycles. The molecule has 2 atom stereocenters. The highest BCUT2D eigenvalue weighted by molar-refractivity contribution is 6.06. The number of rotatable bonds is 4. The molecule has 0 saturated heterocycles. The first-order valence-corrected chi connectivity index (χ1v) is 9.87. The van der Waals surface area contributed by atoms with Gasteiger partial charge in [-0.1, -0.05) is 73.5 Å². The molecule has 4 heteroatoms. The molecule has 2 aliphatic heterocycles. The molecule has 0 spiro atoms. The van der Waals surface area contributed by atoms with Gasteiger partial charge in [0.1, 0.15) is 30.7 Å². The zero-order chi connectivity index (χ0) is 18.1. The quantitative estimate of drug-likeness (QED) is 0.779. The maximum atomic E-state index is 6.15. The number of benzene rings is 2. The molecule has 1 saturated carbocycles. The third-order valence-corrected chi connectivity index (χ3v) is 5.95. The van der Waals surface area contributed by atoms with Crippen LogP contribution in [0.1, 0.15) is 48.9 Å². The van der Waals surface area contributed by atoms with Gasteiger partial charge in [0.2, 0.25) is 0 Å². The van der Waals surface area contributed by atoms with Gasteiger partial charge in [-0.3, -0.25) is 0 Å². The minimum atomic E-state index is -0.271. The molecule has 138 valence electrons. The number of hydrogen-bond donors (Lipinski definition) is 0. The second kappa shape index (κ2) is 6.84. The summed E-state index contributed by atoms with van der Waals surface area (Å²) in [6.45, 7) is 1.22. The van der Waals surface area contributed by atoms with E-state index in [-0.39, 0.29) is 17.5 Å². The van der Waals surface area contributed by atoms with Crippen molar-refractivity contribution in [3.8, 4) is 0 Å². The number of nitrogens with zero attached hydrogens (tertiary/aromatic N) is 2. The Balaban J connectivity index is 1.45. The molecule has 2 aromatic rings. The predicted octanol–water partition coefficient (Wildman–Crippen LogP) is 4.89. The number of aliphatic imine (C=N–C) groups is 2. The molecule has 0 radical (unpaired) electrons. The van der Waals surface area contributed by atoms with Gasteiger partial charge in [-0.15, -0.1) is 0 Å². The van der Waals surface area contributed by atoms with E-state index in [4.69, 9.17) is 19.5 Å². The van der Waals surface area contributed by atoms with Crippen LogP contribution < -0.4 is 0 Å². The highest BCUT2D eigenvalue weighted by Crippen LogP contribution is 2.46. The largest absolute Gasteiger partial charge is 0.478 e. The molecule has 27 heavy (non-hydrogen) atoms. The fraction of sp³-hybridized carbons (Fsp3) is 0.391. The molecular weight excluding hydrogens is 336 g/mol. The fourth-order valence-electron chi connectivity index (χ4n) is 4.46. The summed E-state index contributed by atoms with van der Waals surface area (Å²) in [6.07, 6.45) is 4.34. The molecule has 4 nitrogen and oxygen atoms in total. The summed E-state index contributed by atoms with van der Waals surface area (Å²) in [5, 5.41) is 0. The van der Waals surface area contributed by atoms with E-state index in [0.717, 1.165) is 37.5 Å². The van der Waals surface area contributed by atoms with Crippen molar-refractivity contribution in [1.82, 2.24) is 0 Å². The normalized spacial score (nSPS) is 26.2. The van der Waals surface area contributed by atoms with Crippen molar-refractivity contribution in [3.63, 3.8) is 0 Å². The van der Waals surface area contributed by atoms with Gasteiger partial charge >= 0.3 is 0 Å². The minimum Gasteiger partial charge on any atom is -0.478 e. The van der Waals surface area contributed by atoms with Crippen LogP contribution in [0.15, 0.2) is 70.6 Å². The fourth-order valence-corrected chi connectivity index (χ4v) is 4.46. The Labute approximate surface area is 160 Å². The molecule has 0 aromatic heterocycles. The van der Waals surface area contributed by atoms with Gasteiger partial charge in [0, 0.05) is 0 Å². The average Bonchev–Trinajstić information content (AvgIpc) is 3.49. The van der Waals surface area contributed by atoms with Crippen molar-refractivity contribution in [2.24, 2.45) is 15.4 Å². The summed E-state index contributed by atoms with van der Waals surface area (Å²) in [5.74, 6) is 1.67. The average molecular weight is 360 g/mol. The van der Waals surface area contributed by atoms with Crippen LogP contribution in [0.2, 0.25) is 0 Å². The van der Waals surface area contributed by atoms with E-state index < -0.39 is 0 Å². The molecule has 0 amide bonds. The van der Waals surface area contributed by atoms with Crippen LogP contribution >= 0.6 is 0 Å².